The molecule has 1 saturated heterocycles. The van der Waals surface area contributed by atoms with Gasteiger partial charge >= 0.3 is 0 Å². The maximum absolute atomic E-state index is 13.3. The van der Waals surface area contributed by atoms with Gasteiger partial charge in [0.2, 0.25) is 5.91 Å². The summed E-state index contributed by atoms with van der Waals surface area (Å²) in [7, 11) is 0. The number of aromatic nitrogens is 2. The fraction of sp³-hybridized carbons (Fsp3) is 0.250. The maximum atomic E-state index is 13.3. The van der Waals surface area contributed by atoms with Crippen LogP contribution < -0.4 is 10.9 Å². The van der Waals surface area contributed by atoms with Crippen LogP contribution in [0.25, 0.3) is 22.0 Å². The lowest BCUT2D eigenvalue weighted by Gasteiger charge is -2.19. The molecule has 0 radical (unpaired) electrons. The van der Waals surface area contributed by atoms with Crippen LogP contribution in [0.2, 0.25) is 0 Å². The van der Waals surface area contributed by atoms with E-state index in [1.54, 1.807) is 10.6 Å². The van der Waals surface area contributed by atoms with Crippen LogP contribution in [0.3, 0.4) is 0 Å². The van der Waals surface area contributed by atoms with Crippen LogP contribution >= 0.6 is 11.8 Å². The number of para-hydroxylation sites is 2. The molecule has 2 heterocycles. The van der Waals surface area contributed by atoms with Crippen LogP contribution in [0.4, 0.5) is 5.69 Å². The molecule has 2 atom stereocenters. The lowest BCUT2D eigenvalue weighted by molar-refractivity contribution is -0.115. The second-order valence-electron chi connectivity index (χ2n) is 8.62. The zero-order valence-electron chi connectivity index (χ0n) is 19.5. The summed E-state index contributed by atoms with van der Waals surface area (Å²) in [4.78, 5) is 31.3. The van der Waals surface area contributed by atoms with Crippen molar-refractivity contribution in [3.63, 3.8) is 0 Å². The predicted molar refractivity (Wildman–Crippen MR) is 141 cm³/mol. The fourth-order valence-corrected chi connectivity index (χ4v) is 5.22. The van der Waals surface area contributed by atoms with Crippen LogP contribution in [-0.4, -0.2) is 33.4 Å². The van der Waals surface area contributed by atoms with Crippen molar-refractivity contribution in [3.8, 4) is 11.1 Å². The van der Waals surface area contributed by atoms with E-state index in [9.17, 15) is 9.59 Å². The molecule has 6 nitrogen and oxygen atoms in total. The summed E-state index contributed by atoms with van der Waals surface area (Å²) in [6.07, 6.45) is 1.88. The molecule has 1 aromatic heterocycles. The van der Waals surface area contributed by atoms with Gasteiger partial charge in [-0.15, -0.1) is 0 Å². The quantitative estimate of drug-likeness (QED) is 0.282. The molecule has 7 heteroatoms. The highest BCUT2D eigenvalue weighted by atomic mass is 32.2. The monoisotopic (exact) mass is 485 g/mol. The smallest absolute Gasteiger partial charge is 0.262 e. The van der Waals surface area contributed by atoms with E-state index in [1.807, 2.05) is 79.7 Å². The van der Waals surface area contributed by atoms with Gasteiger partial charge in [-0.1, -0.05) is 72.4 Å². The number of nitrogens with zero attached hydrogens (tertiary/aromatic N) is 2. The molecule has 1 fully saturated rings. The van der Waals surface area contributed by atoms with Gasteiger partial charge in [-0.25, -0.2) is 4.98 Å². The van der Waals surface area contributed by atoms with Gasteiger partial charge in [-0.3, -0.25) is 14.2 Å². The SMILES string of the molecule is C[C@@H](Sc1nc2ccccc2c(=O)n1C[C@@H]1CCCO1)C(=O)Nc1ccccc1-c1ccccc1. The van der Waals surface area contributed by atoms with Crippen molar-refractivity contribution >= 4 is 34.3 Å². The Bertz CT molecular complexity index is 1400. The number of carbonyl (C=O) groups is 1. The Morgan fingerprint density at radius 3 is 2.63 bits per heavy atom. The zero-order chi connectivity index (χ0) is 24.2. The van der Waals surface area contributed by atoms with E-state index in [0.29, 0.717) is 29.2 Å². The van der Waals surface area contributed by atoms with Crippen molar-refractivity contribution in [2.75, 3.05) is 11.9 Å². The number of thioether (sulfide) groups is 1. The topological polar surface area (TPSA) is 73.2 Å². The molecular weight excluding hydrogens is 458 g/mol. The van der Waals surface area contributed by atoms with Crippen molar-refractivity contribution in [1.82, 2.24) is 9.55 Å². The highest BCUT2D eigenvalue weighted by Gasteiger charge is 2.23. The third-order valence-corrected chi connectivity index (χ3v) is 7.25. The molecule has 0 unspecified atom stereocenters. The summed E-state index contributed by atoms with van der Waals surface area (Å²) < 4.78 is 7.46. The lowest BCUT2D eigenvalue weighted by Crippen LogP contribution is -2.30. The number of rotatable bonds is 7. The van der Waals surface area contributed by atoms with Crippen molar-refractivity contribution < 1.29 is 9.53 Å². The van der Waals surface area contributed by atoms with Crippen LogP contribution in [0, 0.1) is 0 Å². The number of amides is 1. The molecular formula is C28H27N3O3S. The second kappa shape index (κ2) is 10.5. The van der Waals surface area contributed by atoms with Crippen molar-refractivity contribution in [2.24, 2.45) is 0 Å². The molecule has 1 N–H and O–H groups in total. The number of nitrogens with one attached hydrogen (secondary N) is 1. The summed E-state index contributed by atoms with van der Waals surface area (Å²) in [5.74, 6) is -0.149. The molecule has 5 rings (SSSR count). The minimum absolute atomic E-state index is 0.0168. The molecule has 178 valence electrons. The van der Waals surface area contributed by atoms with Gasteiger partial charge in [0.25, 0.3) is 5.56 Å². The third kappa shape index (κ3) is 5.16. The van der Waals surface area contributed by atoms with E-state index in [2.05, 4.69) is 5.32 Å². The number of anilines is 1. The van der Waals surface area contributed by atoms with Crippen molar-refractivity contribution in [1.29, 1.82) is 0 Å². The minimum Gasteiger partial charge on any atom is -0.376 e. The van der Waals surface area contributed by atoms with E-state index in [0.717, 1.165) is 29.7 Å². The normalized spacial score (nSPS) is 16.3. The first-order chi connectivity index (χ1) is 17.1. The Kier molecular flexibility index (Phi) is 6.97. The Labute approximate surface area is 208 Å². The first kappa shape index (κ1) is 23.3. The average molecular weight is 486 g/mol. The Morgan fingerprint density at radius 1 is 1.09 bits per heavy atom. The van der Waals surface area contributed by atoms with E-state index < -0.39 is 5.25 Å². The molecule has 0 saturated carbocycles. The zero-order valence-corrected chi connectivity index (χ0v) is 20.3. The molecule has 4 aromatic rings. The van der Waals surface area contributed by atoms with Gasteiger partial charge in [0.05, 0.1) is 28.8 Å². The predicted octanol–water partition coefficient (Wildman–Crippen LogP) is 5.36. The summed E-state index contributed by atoms with van der Waals surface area (Å²) in [6.45, 7) is 2.98. The molecule has 3 aromatic carbocycles. The fourth-order valence-electron chi connectivity index (χ4n) is 4.30. The number of hydrogen-bond acceptors (Lipinski definition) is 5. The molecule has 1 aliphatic heterocycles. The number of benzene rings is 3. The first-order valence-corrected chi connectivity index (χ1v) is 12.7. The number of ether oxygens (including phenoxy) is 1. The van der Waals surface area contributed by atoms with Crippen LogP contribution in [0.1, 0.15) is 19.8 Å². The van der Waals surface area contributed by atoms with E-state index in [4.69, 9.17) is 9.72 Å². The van der Waals surface area contributed by atoms with E-state index >= 15 is 0 Å². The van der Waals surface area contributed by atoms with Gasteiger partial charge in [0.1, 0.15) is 0 Å². The minimum atomic E-state index is -0.470. The molecule has 0 bridgehead atoms. The molecule has 0 aliphatic carbocycles. The van der Waals surface area contributed by atoms with Crippen molar-refractivity contribution in [2.45, 2.75) is 42.8 Å². The number of hydrogen-bond donors (Lipinski definition) is 1. The molecule has 0 spiro atoms. The standard InChI is InChI=1S/C28H27N3O3S/c1-19(26(32)29-24-15-7-5-13-22(24)20-10-3-2-4-11-20)35-28-30-25-16-8-6-14-23(25)27(33)31(28)18-21-12-9-17-34-21/h2-8,10-11,13-16,19,21H,9,12,17-18H2,1H3,(H,29,32)/t19-,21+/m1/s1. The number of fused-ring (bicyclic) bond motifs is 1. The maximum Gasteiger partial charge on any atom is 0.262 e. The van der Waals surface area contributed by atoms with E-state index in [-0.39, 0.29) is 17.6 Å². The van der Waals surface area contributed by atoms with E-state index in [1.165, 1.54) is 11.8 Å². The Balaban J connectivity index is 1.41. The van der Waals surface area contributed by atoms with Crippen molar-refractivity contribution in [3.05, 3.63) is 89.2 Å². The van der Waals surface area contributed by atoms with Gasteiger partial charge in [-0.2, -0.15) is 0 Å². The lowest BCUT2D eigenvalue weighted by atomic mass is 10.0. The first-order valence-electron chi connectivity index (χ1n) is 11.8. The van der Waals surface area contributed by atoms with Gasteiger partial charge < -0.3 is 10.1 Å². The largest absolute Gasteiger partial charge is 0.376 e. The van der Waals surface area contributed by atoms with Crippen LogP contribution in [-0.2, 0) is 16.1 Å². The Morgan fingerprint density at radius 2 is 1.83 bits per heavy atom. The molecule has 1 amide bonds. The third-order valence-electron chi connectivity index (χ3n) is 6.16. The second-order valence-corrected chi connectivity index (χ2v) is 9.93. The molecule has 1 aliphatic rings. The highest BCUT2D eigenvalue weighted by molar-refractivity contribution is 8.00. The Hall–Kier alpha value is -3.42. The van der Waals surface area contributed by atoms with Gasteiger partial charge in [0.15, 0.2) is 5.16 Å². The van der Waals surface area contributed by atoms with Crippen LogP contribution in [0.5, 0.6) is 0 Å². The van der Waals surface area contributed by atoms with Gasteiger partial charge in [-0.05, 0) is 43.5 Å². The summed E-state index contributed by atoms with van der Waals surface area (Å²) >= 11 is 1.30. The summed E-state index contributed by atoms with van der Waals surface area (Å²) in [5, 5.41) is 3.71. The summed E-state index contributed by atoms with van der Waals surface area (Å²) in [5.41, 5.74) is 3.27. The average Bonchev–Trinajstić information content (AvgIpc) is 3.40. The number of carbonyl (C=O) groups excluding carboxylic acids is 1. The summed E-state index contributed by atoms with van der Waals surface area (Å²) in [6, 6.07) is 25.1. The highest BCUT2D eigenvalue weighted by Crippen LogP contribution is 2.29. The van der Waals surface area contributed by atoms with Crippen LogP contribution in [0.15, 0.2) is 88.8 Å². The molecule has 35 heavy (non-hydrogen) atoms. The van der Waals surface area contributed by atoms with Gasteiger partial charge in [0, 0.05) is 17.9 Å².